The number of anilines is 1. The van der Waals surface area contributed by atoms with Gasteiger partial charge in [0.05, 0.1) is 35.1 Å². The maximum absolute atomic E-state index is 13.1. The molecule has 0 aliphatic heterocycles. The van der Waals surface area contributed by atoms with Crippen molar-refractivity contribution in [3.05, 3.63) is 57.9 Å². The fourth-order valence-electron chi connectivity index (χ4n) is 5.45. The first-order chi connectivity index (χ1) is 29.8. The minimum Gasteiger partial charge on any atom is -0.493 e. The number of hydrogen-bond acceptors (Lipinski definition) is 14. The van der Waals surface area contributed by atoms with Crippen LogP contribution in [0.4, 0.5) is 31.5 Å². The summed E-state index contributed by atoms with van der Waals surface area (Å²) in [7, 11) is 3.65. The summed E-state index contributed by atoms with van der Waals surface area (Å²) >= 11 is 8.90. The van der Waals surface area contributed by atoms with Crippen LogP contribution in [0.5, 0.6) is 11.5 Å². The van der Waals surface area contributed by atoms with E-state index in [1.807, 2.05) is 25.8 Å². The van der Waals surface area contributed by atoms with Gasteiger partial charge >= 0.3 is 12.4 Å². The number of carbonyl (C=O) groups is 3. The summed E-state index contributed by atoms with van der Waals surface area (Å²) in [4.78, 5) is 37.4. The summed E-state index contributed by atoms with van der Waals surface area (Å²) in [5.41, 5.74) is 4.92. The van der Waals surface area contributed by atoms with Crippen LogP contribution < -0.4 is 20.1 Å². The van der Waals surface area contributed by atoms with Crippen LogP contribution in [-0.4, -0.2) is 101 Å². The Balaban J connectivity index is 0.000000366. The first-order valence-electron chi connectivity index (χ1n) is 19.3. The molecular weight excluding hydrogens is 950 g/mol. The van der Waals surface area contributed by atoms with E-state index in [4.69, 9.17) is 41.6 Å². The number of alkyl halides is 7. The Kier molecular flexibility index (Phi) is 23.0. The van der Waals surface area contributed by atoms with E-state index in [-0.39, 0.29) is 28.5 Å². The predicted octanol–water partition coefficient (Wildman–Crippen LogP) is 8.86. The molecule has 0 saturated carbocycles. The molecule has 63 heavy (non-hydrogen) atoms. The van der Waals surface area contributed by atoms with Crippen LogP contribution in [0.25, 0.3) is 21.9 Å². The number of carbonyl (C=O) groups excluding carboxylic acids is 3. The molecule has 0 unspecified atom stereocenters. The molecule has 14 nitrogen and oxygen atoms in total. The molecule has 3 N–H and O–H groups in total. The zero-order chi connectivity index (χ0) is 47.3. The van der Waals surface area contributed by atoms with Crippen molar-refractivity contribution in [3.8, 4) is 11.5 Å². The number of aryl methyl sites for hydroxylation is 2. The highest BCUT2D eigenvalue weighted by Gasteiger charge is 2.38. The number of nitrogens with two attached hydrogens (primary N) is 1. The van der Waals surface area contributed by atoms with Gasteiger partial charge in [0.2, 0.25) is 0 Å². The summed E-state index contributed by atoms with van der Waals surface area (Å²) in [6, 6.07) is 5.76. The topological polar surface area (TPSA) is 187 Å². The number of hydrogen-bond donors (Lipinski definition) is 2. The van der Waals surface area contributed by atoms with Gasteiger partial charge in [0, 0.05) is 44.9 Å². The smallest absolute Gasteiger partial charge is 0.437 e. The lowest BCUT2D eigenvalue weighted by Gasteiger charge is -2.17. The van der Waals surface area contributed by atoms with Gasteiger partial charge in [0.15, 0.2) is 39.1 Å². The number of aromatic nitrogens is 3. The van der Waals surface area contributed by atoms with E-state index in [1.54, 1.807) is 24.9 Å². The Morgan fingerprint density at radius 2 is 1.30 bits per heavy atom. The molecule has 0 bridgehead atoms. The van der Waals surface area contributed by atoms with Crippen LogP contribution in [0.3, 0.4) is 0 Å². The quantitative estimate of drug-likeness (QED) is 0.0211. The first-order valence-corrected chi connectivity index (χ1v) is 21.5. The molecule has 5 rings (SSSR count). The van der Waals surface area contributed by atoms with E-state index in [1.165, 1.54) is 35.7 Å². The van der Waals surface area contributed by atoms with Crippen LogP contribution in [0.15, 0.2) is 39.5 Å². The molecule has 0 atom stereocenters. The van der Waals surface area contributed by atoms with E-state index in [0.29, 0.717) is 97.2 Å². The summed E-state index contributed by atoms with van der Waals surface area (Å²) in [6.07, 6.45) is -1.94. The highest BCUT2D eigenvalue weighted by Crippen LogP contribution is 2.39. The molecule has 0 spiro atoms. The van der Waals surface area contributed by atoms with Crippen molar-refractivity contribution in [1.82, 2.24) is 20.2 Å². The minimum absolute atomic E-state index is 0.0449. The maximum Gasteiger partial charge on any atom is 0.437 e. The number of aliphatic hydroxyl groups excluding tert-OH is 1. The van der Waals surface area contributed by atoms with Crippen LogP contribution in [0.2, 0.25) is 0 Å². The van der Waals surface area contributed by atoms with Crippen LogP contribution in [0.1, 0.15) is 78.6 Å². The van der Waals surface area contributed by atoms with Gasteiger partial charge in [-0.25, -0.2) is 4.98 Å². The standard InChI is InChI=1S/C19H20F3N3O3S.C16H20F3N3O2S.C3H3BrO2.C2H6O/c1-3-5-13-15(7-6-14-16(13)28-24-17(14)19(20,21)22)27-9-4-8-25(2)18-23-10-12(11-26)29-18;1-3-5-10-12(23-9-4-8-22(2)15(20)25)7-6-11-13(10)24-21-14(11)16(17,18)19;4-3(1-5)2-6;1-2-3/h6-7,10-11H,3-5,8-9H2,1-2H3;6-7H,3-5,8-9H2,1-2H3,(H2,20,25);1-3H;3H,2H2,1H3. The lowest BCUT2D eigenvalue weighted by molar-refractivity contribution is -0.142. The van der Waals surface area contributed by atoms with Gasteiger partial charge in [-0.3, -0.25) is 4.79 Å². The highest BCUT2D eigenvalue weighted by molar-refractivity contribution is 9.10. The molecule has 3 aromatic heterocycles. The molecule has 0 amide bonds. The third-order valence-corrected chi connectivity index (χ3v) is 10.1. The predicted molar refractivity (Wildman–Crippen MR) is 234 cm³/mol. The number of aldehydes is 3. The van der Waals surface area contributed by atoms with Gasteiger partial charge in [-0.05, 0) is 69.1 Å². The number of benzene rings is 2. The second kappa shape index (κ2) is 26.7. The zero-order valence-corrected chi connectivity index (χ0v) is 38.3. The van der Waals surface area contributed by atoms with Crippen molar-refractivity contribution in [1.29, 1.82) is 0 Å². The fraction of sp³-hybridized carbons (Fsp3) is 0.475. The third kappa shape index (κ3) is 16.6. The van der Waals surface area contributed by atoms with E-state index < -0.39 is 28.6 Å². The molecule has 3 heterocycles. The summed E-state index contributed by atoms with van der Waals surface area (Å²) in [6.45, 7) is 7.83. The molecule has 0 radical (unpaired) electrons. The minimum atomic E-state index is -4.57. The van der Waals surface area contributed by atoms with Crippen LogP contribution in [-0.2, 0) is 34.8 Å². The number of ether oxygens (including phenoxy) is 2. The number of thiocarbonyl (C=S) groups is 1. The largest absolute Gasteiger partial charge is 0.493 e. The van der Waals surface area contributed by atoms with Crippen molar-refractivity contribution in [2.45, 2.75) is 76.5 Å². The highest BCUT2D eigenvalue weighted by atomic mass is 79.9. The Bertz CT molecular complexity index is 2190. The zero-order valence-electron chi connectivity index (χ0n) is 35.1. The number of nitrogens with zero attached hydrogens (tertiary/aromatic N) is 5. The molecule has 0 fully saturated rings. The fourth-order valence-corrected chi connectivity index (χ4v) is 6.26. The molecule has 5 aromatic rings. The van der Waals surface area contributed by atoms with E-state index in [9.17, 15) is 40.7 Å². The Morgan fingerprint density at radius 3 is 1.65 bits per heavy atom. The monoisotopic (exact) mass is 998 g/mol. The summed E-state index contributed by atoms with van der Waals surface area (Å²) < 4.78 is 99.8. The normalized spacial score (nSPS) is 11.1. The Labute approximate surface area is 377 Å². The lowest BCUT2D eigenvalue weighted by atomic mass is 10.0. The Morgan fingerprint density at radius 1 is 0.857 bits per heavy atom. The molecular formula is C40H49BrF6N6O8S2. The van der Waals surface area contributed by atoms with E-state index in [2.05, 4.69) is 31.2 Å². The van der Waals surface area contributed by atoms with Crippen molar-refractivity contribution in [2.75, 3.05) is 51.9 Å². The molecule has 348 valence electrons. The number of thiazole rings is 1. The van der Waals surface area contributed by atoms with Gasteiger partial charge in [-0.2, -0.15) is 26.3 Å². The SMILES string of the molecule is CCCc1c(OCCCN(C)C(N)=S)ccc2c(C(F)(F)F)noc12.CCCc1c(OCCCN(C)c2ncc(C=O)s2)ccc2c(C(F)(F)F)noc12.CCO.O=CC(Br)C=O. The van der Waals surface area contributed by atoms with Crippen molar-refractivity contribution in [3.63, 3.8) is 0 Å². The van der Waals surface area contributed by atoms with E-state index >= 15 is 0 Å². The maximum atomic E-state index is 13.1. The van der Waals surface area contributed by atoms with Gasteiger partial charge in [-0.1, -0.05) is 64.3 Å². The average Bonchev–Trinajstić information content (AvgIpc) is 4.02. The van der Waals surface area contributed by atoms with Gasteiger partial charge in [-0.15, -0.1) is 0 Å². The molecule has 0 aliphatic rings. The van der Waals surface area contributed by atoms with Crippen molar-refractivity contribution >= 4 is 90.5 Å². The third-order valence-electron chi connectivity index (χ3n) is 8.32. The molecule has 0 saturated heterocycles. The van der Waals surface area contributed by atoms with Crippen LogP contribution in [0, 0.1) is 0 Å². The lowest BCUT2D eigenvalue weighted by Crippen LogP contribution is -2.33. The average molecular weight is 1000 g/mol. The van der Waals surface area contributed by atoms with Crippen molar-refractivity contribution < 1.29 is 64.4 Å². The number of fused-ring (bicyclic) bond motifs is 2. The van der Waals surface area contributed by atoms with E-state index in [0.717, 1.165) is 24.3 Å². The number of halogens is 7. The van der Waals surface area contributed by atoms with Gasteiger partial charge in [0.1, 0.15) is 28.9 Å². The first kappa shape index (κ1) is 54.3. The molecule has 2 aromatic carbocycles. The molecule has 23 heteroatoms. The van der Waals surface area contributed by atoms with Crippen LogP contribution >= 0.6 is 39.5 Å². The van der Waals surface area contributed by atoms with Gasteiger partial charge in [0.25, 0.3) is 0 Å². The summed E-state index contributed by atoms with van der Waals surface area (Å²) in [5.74, 6) is 1.02. The van der Waals surface area contributed by atoms with Gasteiger partial charge < -0.3 is 48.7 Å². The molecule has 0 aliphatic carbocycles. The second-order valence-electron chi connectivity index (χ2n) is 13.2. The number of rotatable bonds is 18. The van der Waals surface area contributed by atoms with Crippen molar-refractivity contribution in [2.24, 2.45) is 5.73 Å². The Hall–Kier alpha value is -4.87. The second-order valence-corrected chi connectivity index (χ2v) is 15.7. The number of aliphatic hydroxyl groups is 1. The summed E-state index contributed by atoms with van der Waals surface area (Å²) in [5, 5.41) is 14.9.